The summed E-state index contributed by atoms with van der Waals surface area (Å²) in [7, 11) is 0. The second kappa shape index (κ2) is 8.87. The second-order valence-corrected chi connectivity index (χ2v) is 5.94. The molecule has 7 heteroatoms. The quantitative estimate of drug-likeness (QED) is 0.703. The van der Waals surface area contributed by atoms with Crippen molar-refractivity contribution < 1.29 is 18.0 Å². The largest absolute Gasteiger partial charge is 0.418 e. The summed E-state index contributed by atoms with van der Waals surface area (Å²) in [5, 5.41) is 5.16. The van der Waals surface area contributed by atoms with E-state index < -0.39 is 17.6 Å². The highest BCUT2D eigenvalue weighted by Crippen LogP contribution is 2.36. The molecule has 0 heterocycles. The lowest BCUT2D eigenvalue weighted by Gasteiger charge is -2.14. The Labute approximate surface area is 149 Å². The number of carbonyl (C=O) groups is 1. The van der Waals surface area contributed by atoms with Crippen molar-refractivity contribution in [3.05, 3.63) is 64.7 Å². The zero-order valence-corrected chi connectivity index (χ0v) is 14.1. The maximum Gasteiger partial charge on any atom is 0.418 e. The molecular weight excluding hydrogens is 353 g/mol. The smallest absolute Gasteiger partial charge is 0.324 e. The van der Waals surface area contributed by atoms with E-state index >= 15 is 0 Å². The Morgan fingerprint density at radius 1 is 1.08 bits per heavy atom. The van der Waals surface area contributed by atoms with Gasteiger partial charge in [0.05, 0.1) is 17.8 Å². The number of amides is 1. The number of alkyl halides is 3. The molecule has 0 spiro atoms. The van der Waals surface area contributed by atoms with Crippen LogP contribution in [0.4, 0.5) is 18.9 Å². The van der Waals surface area contributed by atoms with Gasteiger partial charge < -0.3 is 10.6 Å². The molecule has 2 N–H and O–H groups in total. The van der Waals surface area contributed by atoms with Crippen molar-refractivity contribution >= 4 is 23.2 Å². The molecule has 0 aliphatic heterocycles. The first kappa shape index (κ1) is 19.3. The van der Waals surface area contributed by atoms with Crippen LogP contribution in [0.3, 0.4) is 0 Å². The molecular formula is C18H18ClF3N2O. The Morgan fingerprint density at radius 2 is 1.80 bits per heavy atom. The summed E-state index contributed by atoms with van der Waals surface area (Å²) in [6, 6.07) is 13.2. The molecule has 0 bridgehead atoms. The molecule has 0 aliphatic carbocycles. The van der Waals surface area contributed by atoms with Crippen molar-refractivity contribution in [3.63, 3.8) is 0 Å². The Balaban J connectivity index is 1.79. The van der Waals surface area contributed by atoms with E-state index in [4.69, 9.17) is 11.6 Å². The summed E-state index contributed by atoms with van der Waals surface area (Å²) in [6.45, 7) is 0.532. The van der Waals surface area contributed by atoms with Crippen LogP contribution in [0, 0.1) is 0 Å². The van der Waals surface area contributed by atoms with Gasteiger partial charge in [-0.2, -0.15) is 13.2 Å². The third-order valence-electron chi connectivity index (χ3n) is 3.51. The Morgan fingerprint density at radius 3 is 2.48 bits per heavy atom. The molecule has 0 fully saturated rings. The number of halogens is 4. The first-order chi connectivity index (χ1) is 11.9. The predicted octanol–water partition coefficient (Wildman–Crippen LogP) is 4.52. The van der Waals surface area contributed by atoms with Crippen LogP contribution in [0.25, 0.3) is 0 Å². The van der Waals surface area contributed by atoms with Crippen LogP contribution in [0.15, 0.2) is 48.5 Å². The monoisotopic (exact) mass is 370 g/mol. The molecule has 0 aromatic heterocycles. The standard InChI is InChI=1S/C18H18ClF3N2O/c19-14-8-9-16(15(11-14)18(20,21)22)24-17(25)12-23-10-4-7-13-5-2-1-3-6-13/h1-3,5-6,8-9,11,23H,4,7,10,12H2,(H,24,25). The minimum Gasteiger partial charge on any atom is -0.324 e. The Bertz CT molecular complexity index is 705. The average Bonchev–Trinajstić information content (AvgIpc) is 2.56. The van der Waals surface area contributed by atoms with Crippen LogP contribution in [0.5, 0.6) is 0 Å². The molecule has 0 atom stereocenters. The van der Waals surface area contributed by atoms with Gasteiger partial charge in [-0.3, -0.25) is 4.79 Å². The molecule has 25 heavy (non-hydrogen) atoms. The summed E-state index contributed by atoms with van der Waals surface area (Å²) in [6.07, 6.45) is -2.90. The molecule has 0 aliphatic rings. The number of aryl methyl sites for hydroxylation is 1. The minimum atomic E-state index is -4.59. The minimum absolute atomic E-state index is 0.0376. The van der Waals surface area contributed by atoms with E-state index in [-0.39, 0.29) is 17.3 Å². The van der Waals surface area contributed by atoms with Gasteiger partial charge in [0.1, 0.15) is 0 Å². The number of hydrogen-bond donors (Lipinski definition) is 2. The third-order valence-corrected chi connectivity index (χ3v) is 3.74. The molecule has 0 radical (unpaired) electrons. The van der Waals surface area contributed by atoms with E-state index in [1.165, 1.54) is 11.6 Å². The van der Waals surface area contributed by atoms with Crippen LogP contribution in [0.1, 0.15) is 17.5 Å². The molecule has 134 valence electrons. The van der Waals surface area contributed by atoms with Gasteiger partial charge in [0.15, 0.2) is 0 Å². The van der Waals surface area contributed by atoms with E-state index in [0.29, 0.717) is 6.54 Å². The van der Waals surface area contributed by atoms with Gasteiger partial charge in [0, 0.05) is 5.02 Å². The Kier molecular flexibility index (Phi) is 6.84. The summed E-state index contributed by atoms with van der Waals surface area (Å²) in [4.78, 5) is 11.8. The highest BCUT2D eigenvalue weighted by atomic mass is 35.5. The molecule has 0 saturated heterocycles. The number of rotatable bonds is 7. The van der Waals surface area contributed by atoms with Crippen LogP contribution >= 0.6 is 11.6 Å². The SMILES string of the molecule is O=C(CNCCCc1ccccc1)Nc1ccc(Cl)cc1C(F)(F)F. The molecule has 3 nitrogen and oxygen atoms in total. The zero-order valence-electron chi connectivity index (χ0n) is 13.4. The summed E-state index contributed by atoms with van der Waals surface area (Å²) < 4.78 is 38.9. The molecule has 2 aromatic carbocycles. The molecule has 1 amide bonds. The van der Waals surface area contributed by atoms with Gasteiger partial charge in [0.2, 0.25) is 5.91 Å². The lowest BCUT2D eigenvalue weighted by atomic mass is 10.1. The summed E-state index contributed by atoms with van der Waals surface area (Å²) in [5.74, 6) is -0.535. The van der Waals surface area contributed by atoms with Gasteiger partial charge in [-0.1, -0.05) is 41.9 Å². The fourth-order valence-corrected chi connectivity index (χ4v) is 2.49. The van der Waals surface area contributed by atoms with Crippen molar-refractivity contribution in [2.45, 2.75) is 19.0 Å². The molecule has 0 unspecified atom stereocenters. The molecule has 2 aromatic rings. The predicted molar refractivity (Wildman–Crippen MR) is 92.7 cm³/mol. The fourth-order valence-electron chi connectivity index (χ4n) is 2.32. The summed E-state index contributed by atoms with van der Waals surface area (Å²) >= 11 is 5.60. The van der Waals surface area contributed by atoms with Gasteiger partial charge in [-0.15, -0.1) is 0 Å². The van der Waals surface area contributed by atoms with Crippen molar-refractivity contribution in [3.8, 4) is 0 Å². The van der Waals surface area contributed by atoms with Crippen LogP contribution < -0.4 is 10.6 Å². The number of hydrogen-bond acceptors (Lipinski definition) is 2. The fraction of sp³-hybridized carbons (Fsp3) is 0.278. The molecule has 0 saturated carbocycles. The van der Waals surface area contributed by atoms with Crippen molar-refractivity contribution in [2.24, 2.45) is 0 Å². The van der Waals surface area contributed by atoms with Crippen molar-refractivity contribution in [1.82, 2.24) is 5.32 Å². The van der Waals surface area contributed by atoms with Gasteiger partial charge in [-0.05, 0) is 43.1 Å². The maximum absolute atomic E-state index is 13.0. The van der Waals surface area contributed by atoms with Gasteiger partial charge in [0.25, 0.3) is 0 Å². The summed E-state index contributed by atoms with van der Waals surface area (Å²) in [5.41, 5.74) is -0.0600. The number of anilines is 1. The highest BCUT2D eigenvalue weighted by molar-refractivity contribution is 6.30. The number of carbonyl (C=O) groups excluding carboxylic acids is 1. The van der Waals surface area contributed by atoms with Crippen LogP contribution in [0.2, 0.25) is 5.02 Å². The number of nitrogens with one attached hydrogen (secondary N) is 2. The second-order valence-electron chi connectivity index (χ2n) is 5.50. The first-order valence-corrected chi connectivity index (χ1v) is 8.15. The van der Waals surface area contributed by atoms with E-state index in [1.54, 1.807) is 0 Å². The first-order valence-electron chi connectivity index (χ1n) is 7.77. The van der Waals surface area contributed by atoms with Crippen LogP contribution in [-0.2, 0) is 17.4 Å². The van der Waals surface area contributed by atoms with Crippen LogP contribution in [-0.4, -0.2) is 19.0 Å². The number of benzene rings is 2. The topological polar surface area (TPSA) is 41.1 Å². The van der Waals surface area contributed by atoms with Crippen molar-refractivity contribution in [1.29, 1.82) is 0 Å². The lowest BCUT2D eigenvalue weighted by Crippen LogP contribution is -2.29. The van der Waals surface area contributed by atoms with Gasteiger partial charge in [-0.25, -0.2) is 0 Å². The van der Waals surface area contributed by atoms with Gasteiger partial charge >= 0.3 is 6.18 Å². The maximum atomic E-state index is 13.0. The highest BCUT2D eigenvalue weighted by Gasteiger charge is 2.34. The van der Waals surface area contributed by atoms with E-state index in [9.17, 15) is 18.0 Å². The normalized spacial score (nSPS) is 11.4. The van der Waals surface area contributed by atoms with E-state index in [2.05, 4.69) is 10.6 Å². The van der Waals surface area contributed by atoms with Crippen molar-refractivity contribution in [2.75, 3.05) is 18.4 Å². The average molecular weight is 371 g/mol. The van der Waals surface area contributed by atoms with E-state index in [1.807, 2.05) is 30.3 Å². The van der Waals surface area contributed by atoms with E-state index in [0.717, 1.165) is 25.0 Å². The molecule has 2 rings (SSSR count). The Hall–Kier alpha value is -2.05. The lowest BCUT2D eigenvalue weighted by molar-refractivity contribution is -0.137. The third kappa shape index (κ3) is 6.40. The zero-order chi connectivity index (χ0) is 18.3.